The lowest BCUT2D eigenvalue weighted by atomic mass is 9.63. The Bertz CT molecular complexity index is 1060. The summed E-state index contributed by atoms with van der Waals surface area (Å²) in [6.07, 6.45) is 2.44. The minimum atomic E-state index is -0.246. The Balaban J connectivity index is 1.79. The standard InChI is InChI=1S/C25H28O2S/c1-6-27-23(26)19-14-22(28-15-19)17-8-7-16-12-20-21(13-18(16)11-17)25(4,5)10-9-24(20,2)3/h7-8,11-15H,6,9-10H2,1-5H3. The monoisotopic (exact) mass is 392 g/mol. The van der Waals surface area contributed by atoms with Gasteiger partial charge in [-0.3, -0.25) is 0 Å². The molecule has 3 aromatic rings. The molecule has 0 saturated carbocycles. The number of thiophene rings is 1. The summed E-state index contributed by atoms with van der Waals surface area (Å²) in [6, 6.07) is 13.4. The van der Waals surface area contributed by atoms with Crippen molar-refractivity contribution in [1.29, 1.82) is 0 Å². The van der Waals surface area contributed by atoms with Crippen LogP contribution < -0.4 is 0 Å². The number of rotatable bonds is 3. The molecule has 0 saturated heterocycles. The van der Waals surface area contributed by atoms with Gasteiger partial charge in [0.15, 0.2) is 0 Å². The molecule has 2 nitrogen and oxygen atoms in total. The maximum Gasteiger partial charge on any atom is 0.338 e. The molecule has 0 unspecified atom stereocenters. The van der Waals surface area contributed by atoms with Crippen LogP contribution >= 0.6 is 11.3 Å². The molecule has 1 aliphatic carbocycles. The van der Waals surface area contributed by atoms with E-state index in [-0.39, 0.29) is 16.8 Å². The van der Waals surface area contributed by atoms with Gasteiger partial charge in [-0.15, -0.1) is 11.3 Å². The van der Waals surface area contributed by atoms with E-state index in [0.717, 1.165) is 10.4 Å². The zero-order chi connectivity index (χ0) is 20.1. The third-order valence-corrected chi connectivity index (χ3v) is 7.18. The largest absolute Gasteiger partial charge is 0.462 e. The Morgan fingerprint density at radius 3 is 2.25 bits per heavy atom. The van der Waals surface area contributed by atoms with E-state index in [4.69, 9.17) is 4.74 Å². The first-order valence-electron chi connectivity index (χ1n) is 10.1. The molecule has 4 rings (SSSR count). The van der Waals surface area contributed by atoms with E-state index in [1.165, 1.54) is 34.7 Å². The molecule has 0 N–H and O–H groups in total. The van der Waals surface area contributed by atoms with E-state index in [1.54, 1.807) is 11.3 Å². The fourth-order valence-corrected chi connectivity index (χ4v) is 5.15. The third-order valence-electron chi connectivity index (χ3n) is 6.20. The molecule has 28 heavy (non-hydrogen) atoms. The van der Waals surface area contributed by atoms with Gasteiger partial charge in [0, 0.05) is 10.3 Å². The lowest BCUT2D eigenvalue weighted by molar-refractivity contribution is 0.0527. The van der Waals surface area contributed by atoms with Gasteiger partial charge in [-0.2, -0.15) is 0 Å². The van der Waals surface area contributed by atoms with E-state index in [9.17, 15) is 4.79 Å². The number of ether oxygens (including phenoxy) is 1. The maximum atomic E-state index is 12.0. The molecule has 1 aromatic heterocycles. The summed E-state index contributed by atoms with van der Waals surface area (Å²) in [7, 11) is 0. The number of carbonyl (C=O) groups excluding carboxylic acids is 1. The van der Waals surface area contributed by atoms with Crippen LogP contribution in [0.1, 0.15) is 68.9 Å². The number of hydrogen-bond acceptors (Lipinski definition) is 3. The van der Waals surface area contributed by atoms with Crippen molar-refractivity contribution in [3.8, 4) is 10.4 Å². The lowest BCUT2D eigenvalue weighted by Gasteiger charge is -2.42. The number of carbonyl (C=O) groups is 1. The summed E-state index contributed by atoms with van der Waals surface area (Å²) in [5.41, 5.74) is 5.18. The third kappa shape index (κ3) is 3.26. The fourth-order valence-electron chi connectivity index (χ4n) is 4.27. The van der Waals surface area contributed by atoms with Gasteiger partial charge >= 0.3 is 5.97 Å². The predicted molar refractivity (Wildman–Crippen MR) is 119 cm³/mol. The molecular weight excluding hydrogens is 364 g/mol. The molecule has 0 fully saturated rings. The summed E-state index contributed by atoms with van der Waals surface area (Å²) in [4.78, 5) is 13.1. The highest BCUT2D eigenvalue weighted by molar-refractivity contribution is 7.13. The van der Waals surface area contributed by atoms with E-state index in [2.05, 4.69) is 58.0 Å². The minimum absolute atomic E-state index is 0.203. The Morgan fingerprint density at radius 2 is 1.61 bits per heavy atom. The molecule has 0 bridgehead atoms. The molecule has 3 heteroatoms. The molecule has 146 valence electrons. The number of hydrogen-bond donors (Lipinski definition) is 0. The smallest absolute Gasteiger partial charge is 0.338 e. The SMILES string of the molecule is CCOC(=O)c1csc(-c2ccc3cc4c(cc3c2)C(C)(C)CCC4(C)C)c1. The van der Waals surface area contributed by atoms with Crippen LogP contribution in [0.15, 0.2) is 41.8 Å². The van der Waals surface area contributed by atoms with Crippen molar-refractivity contribution >= 4 is 28.1 Å². The van der Waals surface area contributed by atoms with Crippen LogP contribution in [-0.2, 0) is 15.6 Å². The zero-order valence-electron chi connectivity index (χ0n) is 17.4. The van der Waals surface area contributed by atoms with Gasteiger partial charge in [-0.1, -0.05) is 52.0 Å². The molecule has 0 radical (unpaired) electrons. The van der Waals surface area contributed by atoms with Crippen molar-refractivity contribution in [1.82, 2.24) is 0 Å². The van der Waals surface area contributed by atoms with Gasteiger partial charge < -0.3 is 4.74 Å². The Kier molecular flexibility index (Phi) is 4.62. The Morgan fingerprint density at radius 1 is 0.964 bits per heavy atom. The first-order chi connectivity index (χ1) is 13.2. The first-order valence-corrected chi connectivity index (χ1v) is 10.9. The second-order valence-corrected chi connectivity index (χ2v) is 10.1. The minimum Gasteiger partial charge on any atom is -0.462 e. The number of esters is 1. The average molecular weight is 393 g/mol. The van der Waals surface area contributed by atoms with Crippen LogP contribution in [0.5, 0.6) is 0 Å². The Labute approximate surface area is 171 Å². The van der Waals surface area contributed by atoms with E-state index >= 15 is 0 Å². The molecular formula is C25H28O2S. The van der Waals surface area contributed by atoms with E-state index in [1.807, 2.05) is 18.4 Å². The van der Waals surface area contributed by atoms with Gasteiger partial charge in [0.05, 0.1) is 12.2 Å². The van der Waals surface area contributed by atoms with Crippen LogP contribution in [0.2, 0.25) is 0 Å². The van der Waals surface area contributed by atoms with Crippen molar-refractivity contribution in [2.24, 2.45) is 0 Å². The van der Waals surface area contributed by atoms with Crippen molar-refractivity contribution in [3.63, 3.8) is 0 Å². The average Bonchev–Trinajstić information content (AvgIpc) is 3.15. The highest BCUT2D eigenvalue weighted by Gasteiger charge is 2.37. The first kappa shape index (κ1) is 19.2. The molecule has 1 heterocycles. The number of benzene rings is 2. The maximum absolute atomic E-state index is 12.0. The summed E-state index contributed by atoms with van der Waals surface area (Å²) in [5, 5.41) is 4.44. The van der Waals surface area contributed by atoms with Crippen LogP contribution in [0.4, 0.5) is 0 Å². The highest BCUT2D eigenvalue weighted by Crippen LogP contribution is 2.47. The highest BCUT2D eigenvalue weighted by atomic mass is 32.1. The van der Waals surface area contributed by atoms with E-state index < -0.39 is 0 Å². The summed E-state index contributed by atoms with van der Waals surface area (Å²) < 4.78 is 5.12. The predicted octanol–water partition coefficient (Wildman–Crippen LogP) is 7.09. The molecule has 0 spiro atoms. The van der Waals surface area contributed by atoms with Gasteiger partial charge in [-0.05, 0) is 70.2 Å². The second-order valence-electron chi connectivity index (χ2n) is 9.15. The van der Waals surface area contributed by atoms with Crippen molar-refractivity contribution in [3.05, 3.63) is 58.5 Å². The van der Waals surface area contributed by atoms with Crippen LogP contribution in [0.25, 0.3) is 21.2 Å². The fraction of sp³-hybridized carbons (Fsp3) is 0.400. The summed E-state index contributed by atoms with van der Waals surface area (Å²) in [5.74, 6) is -0.246. The van der Waals surface area contributed by atoms with Crippen molar-refractivity contribution in [2.75, 3.05) is 6.61 Å². The van der Waals surface area contributed by atoms with Crippen LogP contribution in [0.3, 0.4) is 0 Å². The second kappa shape index (κ2) is 6.73. The van der Waals surface area contributed by atoms with Gasteiger partial charge in [0.25, 0.3) is 0 Å². The van der Waals surface area contributed by atoms with Crippen LogP contribution in [0, 0.1) is 0 Å². The molecule has 0 atom stereocenters. The normalized spacial score (nSPS) is 17.3. The number of fused-ring (bicyclic) bond motifs is 2. The van der Waals surface area contributed by atoms with Crippen LogP contribution in [-0.4, -0.2) is 12.6 Å². The quantitative estimate of drug-likeness (QED) is 0.445. The molecule has 0 aliphatic heterocycles. The topological polar surface area (TPSA) is 26.3 Å². The zero-order valence-corrected chi connectivity index (χ0v) is 18.2. The lowest BCUT2D eigenvalue weighted by Crippen LogP contribution is -2.33. The van der Waals surface area contributed by atoms with Gasteiger partial charge in [0.1, 0.15) is 0 Å². The van der Waals surface area contributed by atoms with Gasteiger partial charge in [-0.25, -0.2) is 4.79 Å². The molecule has 1 aliphatic rings. The Hall–Kier alpha value is -2.13. The van der Waals surface area contributed by atoms with Crippen molar-refractivity contribution in [2.45, 2.75) is 58.3 Å². The van der Waals surface area contributed by atoms with Gasteiger partial charge in [0.2, 0.25) is 0 Å². The summed E-state index contributed by atoms with van der Waals surface area (Å²) >= 11 is 1.59. The van der Waals surface area contributed by atoms with E-state index in [0.29, 0.717) is 12.2 Å². The molecule has 2 aromatic carbocycles. The van der Waals surface area contributed by atoms with Crippen molar-refractivity contribution < 1.29 is 9.53 Å². The summed E-state index contributed by atoms with van der Waals surface area (Å²) in [6.45, 7) is 11.7. The molecule has 0 amide bonds.